The Morgan fingerprint density at radius 2 is 0.787 bits per heavy atom. The number of unbranched alkanes of at least 4 members (excludes halogenated alkanes) is 29. The van der Waals surface area contributed by atoms with Crippen molar-refractivity contribution in [1.29, 1.82) is 0 Å². The molecule has 0 bridgehead atoms. The Hall–Kier alpha value is -2.51. The van der Waals surface area contributed by atoms with E-state index in [1.54, 1.807) is 6.08 Å². The van der Waals surface area contributed by atoms with Crippen LogP contribution in [0.15, 0.2) is 60.8 Å². The fraction of sp³-hybridized carbons (Fsp3) is 0.843. The van der Waals surface area contributed by atoms with Crippen LogP contribution in [0.2, 0.25) is 0 Å². The molecule has 0 spiro atoms. The molecule has 17 unspecified atom stereocenters. The number of nitrogens with one attached hydrogen (secondary N) is 1. The summed E-state index contributed by atoms with van der Waals surface area (Å²) in [5.41, 5.74) is 0. The van der Waals surface area contributed by atoms with Crippen LogP contribution in [0.5, 0.6) is 0 Å². The molecule has 19 heteroatoms. The van der Waals surface area contributed by atoms with Crippen molar-refractivity contribution in [2.75, 3.05) is 26.4 Å². The summed E-state index contributed by atoms with van der Waals surface area (Å²) in [4.78, 5) is 13.4. The Kier molecular flexibility index (Phi) is 47.0. The van der Waals surface area contributed by atoms with Crippen LogP contribution in [-0.4, -0.2) is 193 Å². The third-order valence-electron chi connectivity index (χ3n) is 17.3. The highest BCUT2D eigenvalue weighted by Gasteiger charge is 2.53. The molecule has 0 radical (unpaired) electrons. The van der Waals surface area contributed by atoms with Gasteiger partial charge in [-0.2, -0.15) is 0 Å². The summed E-state index contributed by atoms with van der Waals surface area (Å²) in [5.74, 6) is -0.296. The van der Waals surface area contributed by atoms with Gasteiger partial charge in [0.1, 0.15) is 73.2 Å². The van der Waals surface area contributed by atoms with Gasteiger partial charge in [-0.3, -0.25) is 4.79 Å². The summed E-state index contributed by atoms with van der Waals surface area (Å²) >= 11 is 0. The van der Waals surface area contributed by atoms with Crippen LogP contribution in [0.4, 0.5) is 0 Å². The molecule has 19 nitrogen and oxygen atoms in total. The van der Waals surface area contributed by atoms with Gasteiger partial charge in [0.2, 0.25) is 5.91 Å². The minimum Gasteiger partial charge on any atom is -0.394 e. The van der Waals surface area contributed by atoms with E-state index in [1.807, 2.05) is 6.08 Å². The number of carbonyl (C=O) groups is 1. The summed E-state index contributed by atoms with van der Waals surface area (Å²) < 4.78 is 34.3. The number of rotatable bonds is 53. The van der Waals surface area contributed by atoms with Gasteiger partial charge in [-0.15, -0.1) is 0 Å². The molecule has 0 aromatic heterocycles. The Morgan fingerprint density at radius 3 is 1.26 bits per heavy atom. The minimum atomic E-state index is -1.98. The van der Waals surface area contributed by atoms with Gasteiger partial charge in [0.25, 0.3) is 0 Å². The molecule has 518 valence electrons. The van der Waals surface area contributed by atoms with Gasteiger partial charge in [-0.1, -0.05) is 235 Å². The smallest absolute Gasteiger partial charge is 0.220 e. The van der Waals surface area contributed by atoms with Crippen molar-refractivity contribution < 1.29 is 89.4 Å². The summed E-state index contributed by atoms with van der Waals surface area (Å²) in [6, 6.07) is -0.998. The molecule has 3 aliphatic rings. The minimum absolute atomic E-state index is 0.222. The lowest BCUT2D eigenvalue weighted by atomic mass is 9.96. The maximum Gasteiger partial charge on any atom is 0.220 e. The average molecular weight is 1270 g/mol. The zero-order valence-electron chi connectivity index (χ0n) is 54.6. The lowest BCUT2D eigenvalue weighted by molar-refractivity contribution is -0.379. The quantitative estimate of drug-likeness (QED) is 0.0199. The number of amides is 1. The van der Waals surface area contributed by atoms with Gasteiger partial charge in [0.05, 0.1) is 38.6 Å². The number of aliphatic hydroxyl groups excluding tert-OH is 11. The molecular weight excluding hydrogens is 1140 g/mol. The van der Waals surface area contributed by atoms with Crippen LogP contribution < -0.4 is 5.32 Å². The van der Waals surface area contributed by atoms with Gasteiger partial charge in [0.15, 0.2) is 18.9 Å². The zero-order valence-corrected chi connectivity index (χ0v) is 54.6. The van der Waals surface area contributed by atoms with Crippen LogP contribution in [0.1, 0.15) is 245 Å². The van der Waals surface area contributed by atoms with E-state index < -0.39 is 124 Å². The SMILES string of the molecule is CC/C=C\C/C=C\C/C=C\CCCCCCCCCC(=O)NC(COC1OC(CO)C(OC2OC(CO)C(OC3OC(CO)C(O)C(O)C3O)C(O)C2O)C(O)C1O)C(O)/C=C/CC/C=C/CCCCCCCCCCCCCCCCCCCCCCC. The molecule has 3 heterocycles. The molecule has 3 rings (SSSR count). The second-order valence-electron chi connectivity index (χ2n) is 25.0. The molecule has 0 aromatic carbocycles. The number of carbonyl (C=O) groups excluding carboxylic acids is 1. The lowest BCUT2D eigenvalue weighted by Gasteiger charge is -2.48. The van der Waals surface area contributed by atoms with E-state index in [0.29, 0.717) is 12.8 Å². The number of hydrogen-bond acceptors (Lipinski definition) is 18. The highest BCUT2D eigenvalue weighted by molar-refractivity contribution is 5.76. The molecule has 3 fully saturated rings. The molecule has 0 aliphatic carbocycles. The zero-order chi connectivity index (χ0) is 64.7. The summed E-state index contributed by atoms with van der Waals surface area (Å²) in [6.07, 6.45) is 36.4. The molecule has 3 saturated heterocycles. The van der Waals surface area contributed by atoms with Crippen LogP contribution in [0, 0.1) is 0 Å². The van der Waals surface area contributed by atoms with E-state index in [2.05, 4.69) is 67.8 Å². The van der Waals surface area contributed by atoms with Crippen molar-refractivity contribution >= 4 is 5.91 Å². The monoisotopic (exact) mass is 1270 g/mol. The lowest BCUT2D eigenvalue weighted by Crippen LogP contribution is -2.66. The molecular formula is C70H125NO18. The average Bonchev–Trinajstić information content (AvgIpc) is 2.22. The van der Waals surface area contributed by atoms with Gasteiger partial charge in [-0.25, -0.2) is 0 Å². The first kappa shape index (κ1) is 80.7. The van der Waals surface area contributed by atoms with E-state index in [0.717, 1.165) is 83.5 Å². The first-order valence-corrected chi connectivity index (χ1v) is 35.0. The number of allylic oxidation sites excluding steroid dienone is 9. The van der Waals surface area contributed by atoms with Crippen LogP contribution in [0.3, 0.4) is 0 Å². The van der Waals surface area contributed by atoms with E-state index in [-0.39, 0.29) is 18.9 Å². The van der Waals surface area contributed by atoms with Crippen molar-refractivity contribution in [3.8, 4) is 0 Å². The first-order chi connectivity index (χ1) is 43.3. The number of ether oxygens (including phenoxy) is 6. The predicted molar refractivity (Wildman–Crippen MR) is 346 cm³/mol. The summed E-state index contributed by atoms with van der Waals surface area (Å²) in [6.45, 7) is 1.61. The molecule has 1 amide bonds. The maximum absolute atomic E-state index is 13.4. The van der Waals surface area contributed by atoms with Crippen molar-refractivity contribution in [3.63, 3.8) is 0 Å². The Balaban J connectivity index is 1.44. The fourth-order valence-corrected chi connectivity index (χ4v) is 11.6. The maximum atomic E-state index is 13.4. The highest BCUT2D eigenvalue weighted by Crippen LogP contribution is 2.33. The van der Waals surface area contributed by atoms with Gasteiger partial charge >= 0.3 is 0 Å². The topological polar surface area (TPSA) is 307 Å². The third-order valence-corrected chi connectivity index (χ3v) is 17.3. The number of aliphatic hydroxyl groups is 11. The van der Waals surface area contributed by atoms with Crippen LogP contribution in [0.25, 0.3) is 0 Å². The second kappa shape index (κ2) is 51.8. The molecule has 89 heavy (non-hydrogen) atoms. The number of hydrogen-bond donors (Lipinski definition) is 12. The Labute approximate surface area is 535 Å². The van der Waals surface area contributed by atoms with Crippen molar-refractivity contribution in [2.24, 2.45) is 0 Å². The van der Waals surface area contributed by atoms with Crippen LogP contribution in [-0.2, 0) is 33.2 Å². The molecule has 3 aliphatic heterocycles. The van der Waals surface area contributed by atoms with Gasteiger partial charge in [-0.05, 0) is 64.2 Å². The largest absolute Gasteiger partial charge is 0.394 e. The normalized spacial score (nSPS) is 28.6. The summed E-state index contributed by atoms with van der Waals surface area (Å²) in [5, 5.41) is 120. The predicted octanol–water partition coefficient (Wildman–Crippen LogP) is 9.16. The van der Waals surface area contributed by atoms with E-state index in [9.17, 15) is 61.0 Å². The second-order valence-corrected chi connectivity index (χ2v) is 25.0. The van der Waals surface area contributed by atoms with E-state index >= 15 is 0 Å². The molecule has 0 aromatic rings. The highest BCUT2D eigenvalue weighted by atomic mass is 16.8. The molecule has 0 saturated carbocycles. The van der Waals surface area contributed by atoms with E-state index in [1.165, 1.54) is 128 Å². The Bertz CT molecular complexity index is 1850. The first-order valence-electron chi connectivity index (χ1n) is 35.0. The Morgan fingerprint density at radius 1 is 0.416 bits per heavy atom. The third kappa shape index (κ3) is 33.9. The molecule has 17 atom stereocenters. The molecule has 12 N–H and O–H groups in total. The summed E-state index contributed by atoms with van der Waals surface area (Å²) in [7, 11) is 0. The van der Waals surface area contributed by atoms with Gasteiger partial charge < -0.3 is 89.9 Å². The van der Waals surface area contributed by atoms with Crippen LogP contribution >= 0.6 is 0 Å². The van der Waals surface area contributed by atoms with Crippen molar-refractivity contribution in [3.05, 3.63) is 60.8 Å². The van der Waals surface area contributed by atoms with Crippen molar-refractivity contribution in [2.45, 2.75) is 349 Å². The standard InChI is InChI=1S/C70H125NO18/c1-3-5-7-9-11-13-15-17-19-21-22-23-24-25-26-27-28-29-30-32-33-35-37-39-41-43-45-47-54(75)53(71-58(76)48-46-44-42-40-38-36-34-31-20-18-16-14-12-10-8-6-4-2)52-84-68-64(82)61(79)66(56(50-73)86-68)89-70-65(83)62(80)67(57(51-74)87-70)88-69-63(81)60(78)59(77)55(49-72)85-69/h6,8,12,14,18,20,37,39,45,47,53-57,59-70,72-75,77-83H,3-5,7,9-11,13,15-17,19,21-36,38,40-44,46,48-52H2,1-2H3,(H,71,76)/b8-6-,14-12-,20-18-,39-37+,47-45+. The van der Waals surface area contributed by atoms with Crippen molar-refractivity contribution in [1.82, 2.24) is 5.32 Å². The fourth-order valence-electron chi connectivity index (χ4n) is 11.6. The van der Waals surface area contributed by atoms with E-state index in [4.69, 9.17) is 28.4 Å². The van der Waals surface area contributed by atoms with Gasteiger partial charge in [0, 0.05) is 6.42 Å².